The molecule has 1 aromatic heterocycles. The molecule has 0 radical (unpaired) electrons. The normalized spacial score (nSPS) is 10.5. The molecule has 1 heterocycles. The first kappa shape index (κ1) is 15.6. The molecule has 0 spiro atoms. The minimum atomic E-state index is -0.308. The summed E-state index contributed by atoms with van der Waals surface area (Å²) in [6, 6.07) is 4.74. The number of halogens is 1. The van der Waals surface area contributed by atoms with Crippen molar-refractivity contribution < 1.29 is 9.50 Å². The largest absolute Gasteiger partial charge is 0.384 e. The van der Waals surface area contributed by atoms with Crippen LogP contribution in [0.15, 0.2) is 23.7 Å². The fourth-order valence-corrected chi connectivity index (χ4v) is 2.90. The molecule has 21 heavy (non-hydrogen) atoms. The average molecular weight is 304 g/mol. The molecule has 0 aliphatic rings. The van der Waals surface area contributed by atoms with E-state index in [1.54, 1.807) is 11.3 Å². The van der Waals surface area contributed by atoms with Gasteiger partial charge in [-0.15, -0.1) is 11.3 Å². The minimum absolute atomic E-state index is 0.226. The van der Waals surface area contributed by atoms with Crippen LogP contribution in [0.3, 0.4) is 0 Å². The van der Waals surface area contributed by atoms with Gasteiger partial charge in [0.05, 0.1) is 11.2 Å². The lowest BCUT2D eigenvalue weighted by Crippen LogP contribution is -2.17. The number of aliphatic hydroxyl groups excluding tert-OH is 1. The monoisotopic (exact) mass is 304 g/mol. The molecule has 0 unspecified atom stereocenters. The van der Waals surface area contributed by atoms with E-state index in [4.69, 9.17) is 5.11 Å². The maximum Gasteiger partial charge on any atom is 0.124 e. The van der Waals surface area contributed by atoms with E-state index >= 15 is 0 Å². The number of hydrogen-bond acceptors (Lipinski definition) is 4. The van der Waals surface area contributed by atoms with Gasteiger partial charge in [0.25, 0.3) is 0 Å². The van der Waals surface area contributed by atoms with Gasteiger partial charge in [-0.25, -0.2) is 9.37 Å². The highest BCUT2D eigenvalue weighted by atomic mass is 32.1. The number of rotatable bonds is 4. The first-order chi connectivity index (χ1) is 10.1. The van der Waals surface area contributed by atoms with Gasteiger partial charge in [-0.1, -0.05) is 11.8 Å². The van der Waals surface area contributed by atoms with Crippen molar-refractivity contribution in [3.8, 4) is 11.8 Å². The fourth-order valence-electron chi connectivity index (χ4n) is 2.05. The van der Waals surface area contributed by atoms with E-state index in [9.17, 15) is 4.39 Å². The van der Waals surface area contributed by atoms with Crippen LogP contribution in [0.2, 0.25) is 0 Å². The third-order valence-electron chi connectivity index (χ3n) is 2.98. The maximum absolute atomic E-state index is 13.6. The number of thiazole rings is 1. The highest BCUT2D eigenvalue weighted by Gasteiger charge is 2.07. The highest BCUT2D eigenvalue weighted by Crippen LogP contribution is 2.16. The molecule has 0 saturated carbocycles. The van der Waals surface area contributed by atoms with Gasteiger partial charge in [-0.05, 0) is 37.7 Å². The highest BCUT2D eigenvalue weighted by molar-refractivity contribution is 7.09. The first-order valence-electron chi connectivity index (χ1n) is 6.55. The summed E-state index contributed by atoms with van der Waals surface area (Å²) < 4.78 is 13.6. The second-order valence-corrected chi connectivity index (χ2v) is 5.78. The summed E-state index contributed by atoms with van der Waals surface area (Å²) in [4.78, 5) is 7.56. The molecule has 110 valence electrons. The molecule has 1 N–H and O–H groups in total. The first-order valence-corrected chi connectivity index (χ1v) is 7.43. The van der Waals surface area contributed by atoms with Gasteiger partial charge in [0.15, 0.2) is 0 Å². The second-order valence-electron chi connectivity index (χ2n) is 4.84. The molecule has 2 rings (SSSR count). The summed E-state index contributed by atoms with van der Waals surface area (Å²) in [6.45, 7) is 3.18. The van der Waals surface area contributed by atoms with E-state index in [1.807, 2.05) is 25.5 Å². The van der Waals surface area contributed by atoms with Crippen molar-refractivity contribution in [3.05, 3.63) is 51.2 Å². The van der Waals surface area contributed by atoms with Crippen LogP contribution in [-0.2, 0) is 13.1 Å². The number of nitrogens with zero attached hydrogens (tertiary/aromatic N) is 2. The summed E-state index contributed by atoms with van der Waals surface area (Å²) in [6.07, 6.45) is 0. The van der Waals surface area contributed by atoms with Crippen molar-refractivity contribution in [2.45, 2.75) is 20.0 Å². The van der Waals surface area contributed by atoms with Crippen LogP contribution in [0.5, 0.6) is 0 Å². The lowest BCUT2D eigenvalue weighted by atomic mass is 10.1. The van der Waals surface area contributed by atoms with E-state index < -0.39 is 0 Å². The third-order valence-corrected chi connectivity index (χ3v) is 3.90. The number of aromatic nitrogens is 1. The second kappa shape index (κ2) is 7.32. The van der Waals surface area contributed by atoms with Crippen molar-refractivity contribution in [2.24, 2.45) is 0 Å². The van der Waals surface area contributed by atoms with Gasteiger partial charge in [0, 0.05) is 23.5 Å². The Morgan fingerprint density at radius 2 is 2.14 bits per heavy atom. The molecule has 2 aromatic rings. The van der Waals surface area contributed by atoms with E-state index in [0.29, 0.717) is 12.1 Å². The van der Waals surface area contributed by atoms with E-state index in [1.165, 1.54) is 17.0 Å². The Kier molecular flexibility index (Phi) is 5.45. The van der Waals surface area contributed by atoms with Crippen LogP contribution in [0.4, 0.5) is 4.39 Å². The molecule has 0 aliphatic heterocycles. The number of aryl methyl sites for hydroxylation is 1. The molecule has 0 aliphatic carbocycles. The molecule has 0 amide bonds. The number of hydrogen-bond donors (Lipinski definition) is 1. The molecule has 3 nitrogen and oxygen atoms in total. The van der Waals surface area contributed by atoms with Crippen LogP contribution >= 0.6 is 11.3 Å². The smallest absolute Gasteiger partial charge is 0.124 e. The van der Waals surface area contributed by atoms with E-state index in [2.05, 4.69) is 21.7 Å². The maximum atomic E-state index is 13.6. The van der Waals surface area contributed by atoms with Crippen LogP contribution in [0.1, 0.15) is 21.7 Å². The van der Waals surface area contributed by atoms with Crippen molar-refractivity contribution in [2.75, 3.05) is 13.7 Å². The quantitative estimate of drug-likeness (QED) is 0.882. The minimum Gasteiger partial charge on any atom is -0.384 e. The van der Waals surface area contributed by atoms with E-state index in [-0.39, 0.29) is 12.4 Å². The molecule has 0 fully saturated rings. The van der Waals surface area contributed by atoms with Gasteiger partial charge in [0.2, 0.25) is 0 Å². The van der Waals surface area contributed by atoms with Gasteiger partial charge >= 0.3 is 0 Å². The van der Waals surface area contributed by atoms with Gasteiger partial charge in [0.1, 0.15) is 12.4 Å². The molecular weight excluding hydrogens is 287 g/mol. The average Bonchev–Trinajstić information content (AvgIpc) is 2.81. The molecule has 1 aromatic carbocycles. The topological polar surface area (TPSA) is 36.4 Å². The van der Waals surface area contributed by atoms with Crippen LogP contribution in [0.25, 0.3) is 0 Å². The lowest BCUT2D eigenvalue weighted by molar-refractivity contribution is 0.320. The van der Waals surface area contributed by atoms with E-state index in [0.717, 1.165) is 17.8 Å². The summed E-state index contributed by atoms with van der Waals surface area (Å²) in [5.41, 5.74) is 4.33. The Labute approximate surface area is 128 Å². The van der Waals surface area contributed by atoms with Crippen molar-refractivity contribution >= 4 is 11.3 Å². The Bertz CT molecular complexity index is 672. The Balaban J connectivity index is 2.08. The zero-order chi connectivity index (χ0) is 15.2. The third kappa shape index (κ3) is 4.64. The van der Waals surface area contributed by atoms with Gasteiger partial charge in [-0.2, -0.15) is 0 Å². The fraction of sp³-hybridized carbons (Fsp3) is 0.312. The predicted molar refractivity (Wildman–Crippen MR) is 82.4 cm³/mol. The molecule has 0 atom stereocenters. The summed E-state index contributed by atoms with van der Waals surface area (Å²) in [5.74, 6) is 4.96. The van der Waals surface area contributed by atoms with Crippen LogP contribution in [-0.4, -0.2) is 28.6 Å². The van der Waals surface area contributed by atoms with Crippen molar-refractivity contribution in [3.63, 3.8) is 0 Å². The Hall–Kier alpha value is -1.74. The number of aliphatic hydroxyl groups is 1. The van der Waals surface area contributed by atoms with Crippen molar-refractivity contribution in [1.29, 1.82) is 0 Å². The number of benzene rings is 1. The standard InChI is InChI=1S/C16H17FN2OS/c1-12-16(21-11-18-12)10-19(2)9-14-6-13(4-3-5-20)7-15(17)8-14/h6-8,11,20H,5,9-10H2,1-2H3. The molecular formula is C16H17FN2OS. The summed E-state index contributed by atoms with van der Waals surface area (Å²) in [7, 11) is 1.99. The van der Waals surface area contributed by atoms with Crippen LogP contribution in [0, 0.1) is 24.6 Å². The molecule has 0 bridgehead atoms. The Morgan fingerprint density at radius 1 is 1.33 bits per heavy atom. The van der Waals surface area contributed by atoms with Crippen molar-refractivity contribution in [1.82, 2.24) is 9.88 Å². The molecule has 0 saturated heterocycles. The zero-order valence-corrected chi connectivity index (χ0v) is 12.9. The SMILES string of the molecule is Cc1ncsc1CN(C)Cc1cc(F)cc(C#CCO)c1. The summed E-state index contributed by atoms with van der Waals surface area (Å²) >= 11 is 1.63. The van der Waals surface area contributed by atoms with Gasteiger partial charge in [-0.3, -0.25) is 4.90 Å². The van der Waals surface area contributed by atoms with Gasteiger partial charge < -0.3 is 5.11 Å². The Morgan fingerprint density at radius 3 is 2.81 bits per heavy atom. The molecule has 5 heteroatoms. The lowest BCUT2D eigenvalue weighted by Gasteiger charge is -2.16. The summed E-state index contributed by atoms with van der Waals surface area (Å²) in [5, 5.41) is 8.70. The van der Waals surface area contributed by atoms with Crippen LogP contribution < -0.4 is 0 Å². The zero-order valence-electron chi connectivity index (χ0n) is 12.1. The predicted octanol–water partition coefficient (Wildman–Crippen LogP) is 2.57.